The Morgan fingerprint density at radius 2 is 2.17 bits per heavy atom. The van der Waals surface area contributed by atoms with Gasteiger partial charge in [0.05, 0.1) is 18.1 Å². The monoisotopic (exact) mass is 340 g/mol. The molecule has 0 saturated carbocycles. The van der Waals surface area contributed by atoms with Gasteiger partial charge in [0, 0.05) is 18.9 Å². The van der Waals surface area contributed by atoms with Crippen molar-refractivity contribution in [1.29, 1.82) is 0 Å². The summed E-state index contributed by atoms with van der Waals surface area (Å²) in [6.45, 7) is 5.16. The molecule has 0 spiro atoms. The van der Waals surface area contributed by atoms with Crippen molar-refractivity contribution in [2.75, 3.05) is 13.2 Å². The average molecular weight is 340 g/mol. The third kappa shape index (κ3) is 7.59. The van der Waals surface area contributed by atoms with Crippen molar-refractivity contribution in [3.8, 4) is 0 Å². The minimum atomic E-state index is -0.706. The molecule has 7 nitrogen and oxygen atoms in total. The second kappa shape index (κ2) is 9.42. The number of aliphatic hydroxyl groups is 1. The summed E-state index contributed by atoms with van der Waals surface area (Å²) >= 11 is 0. The number of amides is 2. The SMILES string of the molecule is CC(CO)NC(=O)CC1CC=CCCC(=O)OCC(C)(C)NC1=O. The molecule has 2 atom stereocenters. The molecule has 24 heavy (non-hydrogen) atoms. The first-order valence-corrected chi connectivity index (χ1v) is 8.26. The van der Waals surface area contributed by atoms with Gasteiger partial charge < -0.3 is 20.5 Å². The second-order valence-electron chi connectivity index (χ2n) is 6.83. The van der Waals surface area contributed by atoms with Crippen molar-refractivity contribution in [2.24, 2.45) is 5.92 Å². The van der Waals surface area contributed by atoms with Crippen LogP contribution in [0, 0.1) is 5.92 Å². The van der Waals surface area contributed by atoms with Gasteiger partial charge in [0.25, 0.3) is 0 Å². The van der Waals surface area contributed by atoms with Crippen molar-refractivity contribution >= 4 is 17.8 Å². The molecule has 0 aliphatic carbocycles. The predicted molar refractivity (Wildman–Crippen MR) is 89.0 cm³/mol. The third-order valence-corrected chi connectivity index (χ3v) is 3.64. The molecule has 3 N–H and O–H groups in total. The van der Waals surface area contributed by atoms with Crippen molar-refractivity contribution in [3.63, 3.8) is 0 Å². The highest BCUT2D eigenvalue weighted by Crippen LogP contribution is 2.15. The predicted octanol–water partition coefficient (Wildman–Crippen LogP) is 0.668. The summed E-state index contributed by atoms with van der Waals surface area (Å²) in [5.74, 6) is -1.34. The van der Waals surface area contributed by atoms with E-state index in [2.05, 4.69) is 10.6 Å². The molecule has 0 fully saturated rings. The number of esters is 1. The fourth-order valence-electron chi connectivity index (χ4n) is 2.27. The van der Waals surface area contributed by atoms with Gasteiger partial charge in [-0.1, -0.05) is 12.2 Å². The van der Waals surface area contributed by atoms with E-state index in [0.717, 1.165) is 0 Å². The van der Waals surface area contributed by atoms with Crippen molar-refractivity contribution in [2.45, 2.75) is 58.0 Å². The van der Waals surface area contributed by atoms with E-state index in [0.29, 0.717) is 19.3 Å². The van der Waals surface area contributed by atoms with E-state index in [9.17, 15) is 14.4 Å². The highest BCUT2D eigenvalue weighted by molar-refractivity contribution is 5.86. The molecule has 1 aliphatic rings. The van der Waals surface area contributed by atoms with E-state index in [4.69, 9.17) is 9.84 Å². The van der Waals surface area contributed by atoms with E-state index >= 15 is 0 Å². The number of nitrogens with one attached hydrogen (secondary N) is 2. The quantitative estimate of drug-likeness (QED) is 0.515. The topological polar surface area (TPSA) is 105 Å². The molecule has 0 radical (unpaired) electrons. The van der Waals surface area contributed by atoms with Gasteiger partial charge in [-0.25, -0.2) is 0 Å². The number of hydrogen-bond acceptors (Lipinski definition) is 5. The van der Waals surface area contributed by atoms with E-state index in [-0.39, 0.29) is 43.5 Å². The second-order valence-corrected chi connectivity index (χ2v) is 6.83. The van der Waals surface area contributed by atoms with Crippen LogP contribution in [0.2, 0.25) is 0 Å². The average Bonchev–Trinajstić information content (AvgIpc) is 2.50. The Morgan fingerprint density at radius 3 is 2.83 bits per heavy atom. The molecule has 7 heteroatoms. The third-order valence-electron chi connectivity index (χ3n) is 3.64. The number of carbonyl (C=O) groups is 3. The Bertz CT molecular complexity index is 487. The van der Waals surface area contributed by atoms with E-state index in [1.807, 2.05) is 12.2 Å². The van der Waals surface area contributed by atoms with Crippen LogP contribution in [0.1, 0.15) is 46.5 Å². The number of ether oxygens (including phenoxy) is 1. The molecule has 0 aromatic rings. The number of cyclic esters (lactones) is 1. The summed E-state index contributed by atoms with van der Waals surface area (Å²) in [5.41, 5.74) is -0.706. The van der Waals surface area contributed by atoms with Gasteiger partial charge in [-0.3, -0.25) is 14.4 Å². The minimum Gasteiger partial charge on any atom is -0.463 e. The maximum atomic E-state index is 12.5. The number of hydrogen-bond donors (Lipinski definition) is 3. The standard InChI is InChI=1S/C17H28N2O5/c1-12(10-20)18-14(21)9-13-7-5-4-6-8-15(22)24-11-17(2,3)19-16(13)23/h4-5,12-13,20H,6-11H2,1-3H3,(H,18,21)(H,19,23). The van der Waals surface area contributed by atoms with Crippen LogP contribution in [0.5, 0.6) is 0 Å². The van der Waals surface area contributed by atoms with Crippen LogP contribution in [0.15, 0.2) is 12.2 Å². The van der Waals surface area contributed by atoms with E-state index in [1.54, 1.807) is 20.8 Å². The normalized spacial score (nSPS) is 23.2. The molecule has 1 heterocycles. The molecule has 0 aromatic carbocycles. The highest BCUT2D eigenvalue weighted by atomic mass is 16.5. The zero-order valence-electron chi connectivity index (χ0n) is 14.6. The van der Waals surface area contributed by atoms with Crippen LogP contribution in [0.4, 0.5) is 0 Å². The van der Waals surface area contributed by atoms with Gasteiger partial charge in [-0.15, -0.1) is 0 Å². The van der Waals surface area contributed by atoms with Gasteiger partial charge in [-0.05, 0) is 33.6 Å². The highest BCUT2D eigenvalue weighted by Gasteiger charge is 2.28. The van der Waals surface area contributed by atoms with E-state index < -0.39 is 11.5 Å². The molecule has 1 rings (SSSR count). The summed E-state index contributed by atoms with van der Waals surface area (Å²) < 4.78 is 5.17. The lowest BCUT2D eigenvalue weighted by atomic mass is 9.96. The Kier molecular flexibility index (Phi) is 7.91. The number of allylic oxidation sites excluding steroid dienone is 2. The van der Waals surface area contributed by atoms with Gasteiger partial charge in [0.2, 0.25) is 11.8 Å². The van der Waals surface area contributed by atoms with Gasteiger partial charge in [0.15, 0.2) is 0 Å². The van der Waals surface area contributed by atoms with Crippen LogP contribution in [0.25, 0.3) is 0 Å². The molecule has 0 aromatic heterocycles. The Morgan fingerprint density at radius 1 is 1.46 bits per heavy atom. The van der Waals surface area contributed by atoms with Crippen LogP contribution >= 0.6 is 0 Å². The minimum absolute atomic E-state index is 0.0381. The lowest BCUT2D eigenvalue weighted by molar-refractivity contribution is -0.146. The Labute approximate surface area is 142 Å². The fraction of sp³-hybridized carbons (Fsp3) is 0.706. The van der Waals surface area contributed by atoms with Crippen LogP contribution in [-0.2, 0) is 19.1 Å². The van der Waals surface area contributed by atoms with Crippen molar-refractivity contribution in [1.82, 2.24) is 10.6 Å². The molecular weight excluding hydrogens is 312 g/mol. The summed E-state index contributed by atoms with van der Waals surface area (Å²) in [6, 6.07) is -0.349. The zero-order chi connectivity index (χ0) is 18.2. The maximum Gasteiger partial charge on any atom is 0.306 e. The number of rotatable bonds is 4. The summed E-state index contributed by atoms with van der Waals surface area (Å²) in [7, 11) is 0. The molecular formula is C17H28N2O5. The molecule has 0 saturated heterocycles. The van der Waals surface area contributed by atoms with Crippen LogP contribution < -0.4 is 10.6 Å². The van der Waals surface area contributed by atoms with Gasteiger partial charge in [-0.2, -0.15) is 0 Å². The molecule has 0 bridgehead atoms. The fourth-order valence-corrected chi connectivity index (χ4v) is 2.27. The lowest BCUT2D eigenvalue weighted by Gasteiger charge is -2.28. The van der Waals surface area contributed by atoms with E-state index in [1.165, 1.54) is 0 Å². The number of carbonyl (C=O) groups excluding carboxylic acids is 3. The first kappa shape index (κ1) is 20.2. The largest absolute Gasteiger partial charge is 0.463 e. The van der Waals surface area contributed by atoms with Crippen LogP contribution in [0.3, 0.4) is 0 Å². The Balaban J connectivity index is 2.79. The summed E-state index contributed by atoms with van der Waals surface area (Å²) in [5, 5.41) is 14.5. The van der Waals surface area contributed by atoms with Gasteiger partial charge in [0.1, 0.15) is 6.61 Å². The van der Waals surface area contributed by atoms with Crippen LogP contribution in [-0.4, -0.2) is 47.7 Å². The van der Waals surface area contributed by atoms with Crippen molar-refractivity contribution in [3.05, 3.63) is 12.2 Å². The molecule has 2 amide bonds. The summed E-state index contributed by atoms with van der Waals surface area (Å²) in [4.78, 5) is 36.1. The lowest BCUT2D eigenvalue weighted by Crippen LogP contribution is -2.50. The Hall–Kier alpha value is -1.89. The first-order valence-electron chi connectivity index (χ1n) is 8.26. The zero-order valence-corrected chi connectivity index (χ0v) is 14.6. The number of aliphatic hydroxyl groups excluding tert-OH is 1. The first-order chi connectivity index (χ1) is 11.2. The molecule has 136 valence electrons. The smallest absolute Gasteiger partial charge is 0.306 e. The molecule has 2 unspecified atom stereocenters. The molecule has 1 aliphatic heterocycles. The summed E-state index contributed by atoms with van der Waals surface area (Å²) in [6.07, 6.45) is 4.92. The van der Waals surface area contributed by atoms with Gasteiger partial charge >= 0.3 is 5.97 Å². The maximum absolute atomic E-state index is 12.5. The van der Waals surface area contributed by atoms with Crippen molar-refractivity contribution < 1.29 is 24.2 Å².